The molecule has 0 bridgehead atoms. The van der Waals surface area contributed by atoms with Crippen molar-refractivity contribution in [3.63, 3.8) is 0 Å². The number of nitrogens with one attached hydrogen (secondary N) is 2. The van der Waals surface area contributed by atoms with E-state index in [1.165, 1.54) is 25.3 Å². The molecule has 34 heavy (non-hydrogen) atoms. The number of anilines is 1. The Labute approximate surface area is 199 Å². The van der Waals surface area contributed by atoms with Gasteiger partial charge in [-0.3, -0.25) is 14.5 Å². The van der Waals surface area contributed by atoms with E-state index in [9.17, 15) is 13.2 Å². The van der Waals surface area contributed by atoms with Crippen LogP contribution in [0.5, 0.6) is 11.5 Å². The Bertz CT molecular complexity index is 1230. The predicted molar refractivity (Wildman–Crippen MR) is 129 cm³/mol. The van der Waals surface area contributed by atoms with Gasteiger partial charge in [-0.15, -0.1) is 0 Å². The van der Waals surface area contributed by atoms with Gasteiger partial charge >= 0.3 is 0 Å². The number of hydrogen-bond acceptors (Lipinski definition) is 7. The number of ether oxygens (including phenoxy) is 2. The first-order valence-electron chi connectivity index (χ1n) is 10.7. The van der Waals surface area contributed by atoms with Crippen LogP contribution in [-0.2, 0) is 14.8 Å². The topological polar surface area (TPSA) is 130 Å². The third-order valence-corrected chi connectivity index (χ3v) is 6.32. The third-order valence-electron chi connectivity index (χ3n) is 4.95. The maximum atomic E-state index is 12.8. The van der Waals surface area contributed by atoms with Gasteiger partial charge in [0, 0.05) is 24.7 Å². The summed E-state index contributed by atoms with van der Waals surface area (Å²) in [6, 6.07) is 13.0. The summed E-state index contributed by atoms with van der Waals surface area (Å²) in [5.74, 6) is 0.891. The number of carbonyl (C=O) groups is 1. The first kappa shape index (κ1) is 24.8. The molecule has 1 aliphatic rings. The summed E-state index contributed by atoms with van der Waals surface area (Å²) in [6.45, 7) is 0.508. The van der Waals surface area contributed by atoms with E-state index in [2.05, 4.69) is 15.0 Å². The Morgan fingerprint density at radius 2 is 2.03 bits per heavy atom. The molecular weight excluding hydrogens is 456 g/mol. The Balaban J connectivity index is 1.66. The zero-order chi connectivity index (χ0) is 24.4. The normalized spacial score (nSPS) is 13.9. The summed E-state index contributed by atoms with van der Waals surface area (Å²) in [4.78, 5) is 16.7. The van der Waals surface area contributed by atoms with Crippen LogP contribution in [0.3, 0.4) is 0 Å². The van der Waals surface area contributed by atoms with Crippen LogP contribution < -0.4 is 19.5 Å². The molecule has 0 aliphatic carbocycles. The number of benzene rings is 2. The lowest BCUT2D eigenvalue weighted by molar-refractivity contribution is -0.111. The summed E-state index contributed by atoms with van der Waals surface area (Å²) >= 11 is 0. The molecule has 0 aromatic heterocycles. The molecule has 1 amide bonds. The summed E-state index contributed by atoms with van der Waals surface area (Å²) < 4.78 is 38.6. The molecule has 9 nitrogen and oxygen atoms in total. The van der Waals surface area contributed by atoms with Crippen LogP contribution in [0, 0.1) is 11.3 Å². The molecule has 0 atom stereocenters. The molecule has 0 saturated heterocycles. The van der Waals surface area contributed by atoms with E-state index in [-0.39, 0.29) is 11.5 Å². The van der Waals surface area contributed by atoms with Crippen LogP contribution in [0.2, 0.25) is 0 Å². The van der Waals surface area contributed by atoms with E-state index < -0.39 is 15.9 Å². The Hall–Kier alpha value is -3.84. The van der Waals surface area contributed by atoms with Crippen LogP contribution in [-0.4, -0.2) is 40.4 Å². The van der Waals surface area contributed by atoms with Gasteiger partial charge in [0.05, 0.1) is 12.0 Å². The van der Waals surface area contributed by atoms with Crippen molar-refractivity contribution in [3.8, 4) is 17.6 Å². The second-order valence-electron chi connectivity index (χ2n) is 7.45. The van der Waals surface area contributed by atoms with Gasteiger partial charge in [-0.1, -0.05) is 18.6 Å². The van der Waals surface area contributed by atoms with E-state index in [1.807, 2.05) is 6.07 Å². The van der Waals surface area contributed by atoms with Gasteiger partial charge in [0.15, 0.2) is 18.1 Å². The number of methoxy groups -OCH3 is 1. The van der Waals surface area contributed by atoms with Crippen LogP contribution >= 0.6 is 0 Å². The first-order chi connectivity index (χ1) is 16.4. The van der Waals surface area contributed by atoms with Gasteiger partial charge in [-0.05, 0) is 54.8 Å². The molecule has 0 radical (unpaired) electrons. The number of rotatable bonds is 8. The molecule has 0 saturated carbocycles. The van der Waals surface area contributed by atoms with Gasteiger partial charge in [-0.25, -0.2) is 8.42 Å². The largest absolute Gasteiger partial charge is 0.493 e. The highest BCUT2D eigenvalue weighted by Gasteiger charge is 2.18. The standard InChI is InChI=1S/C24H26N4O5S/c1-32-22-16-18(9-11-21(22)33-15-13-25)10-12-24(29)27-19-6-5-7-20(17-19)34(30,31)28-23-8-3-2-4-14-26-23/h5-7,9-12,16-17H,2-4,8,14-15H2,1H3,(H,26,28)(H,27,29). The molecule has 1 heterocycles. The van der Waals surface area contributed by atoms with Crippen LogP contribution in [0.4, 0.5) is 5.69 Å². The zero-order valence-corrected chi connectivity index (χ0v) is 19.6. The molecule has 178 valence electrons. The number of amidine groups is 1. The van der Waals surface area contributed by atoms with Crippen LogP contribution in [0.15, 0.2) is 58.4 Å². The lowest BCUT2D eigenvalue weighted by atomic mass is 10.2. The van der Waals surface area contributed by atoms with Crippen LogP contribution in [0.25, 0.3) is 6.08 Å². The number of aliphatic imine (C=N–C) groups is 1. The SMILES string of the molecule is COc1cc(C=CC(=O)Nc2cccc(S(=O)(=O)NC3=NCCCCC3)c2)ccc1OCC#N. The number of hydrogen-bond donors (Lipinski definition) is 2. The highest BCUT2D eigenvalue weighted by Crippen LogP contribution is 2.28. The summed E-state index contributed by atoms with van der Waals surface area (Å²) in [6.07, 6.45) is 6.37. The highest BCUT2D eigenvalue weighted by molar-refractivity contribution is 7.90. The Morgan fingerprint density at radius 3 is 2.82 bits per heavy atom. The molecule has 3 rings (SSSR count). The van der Waals surface area contributed by atoms with Gasteiger partial charge in [0.1, 0.15) is 11.9 Å². The van der Waals surface area contributed by atoms with Crippen molar-refractivity contribution in [2.24, 2.45) is 4.99 Å². The maximum Gasteiger partial charge on any atom is 0.262 e. The van der Waals surface area contributed by atoms with E-state index >= 15 is 0 Å². The maximum absolute atomic E-state index is 12.8. The van der Waals surface area contributed by atoms with Crippen molar-refractivity contribution >= 4 is 33.5 Å². The molecule has 2 aromatic carbocycles. The van der Waals surface area contributed by atoms with Crippen molar-refractivity contribution in [2.75, 3.05) is 25.6 Å². The average molecular weight is 483 g/mol. The van der Waals surface area contributed by atoms with Crippen LogP contribution in [0.1, 0.15) is 31.2 Å². The zero-order valence-electron chi connectivity index (χ0n) is 18.8. The van der Waals surface area contributed by atoms with E-state index in [1.54, 1.807) is 36.4 Å². The van der Waals surface area contributed by atoms with E-state index in [0.717, 1.165) is 19.3 Å². The number of sulfonamides is 1. The van der Waals surface area contributed by atoms with Crippen molar-refractivity contribution in [1.82, 2.24) is 4.72 Å². The average Bonchev–Trinajstić information content (AvgIpc) is 3.10. The minimum Gasteiger partial charge on any atom is -0.493 e. The molecule has 0 spiro atoms. The monoisotopic (exact) mass is 482 g/mol. The highest BCUT2D eigenvalue weighted by atomic mass is 32.2. The Kier molecular flexibility index (Phi) is 8.65. The predicted octanol–water partition coefficient (Wildman–Crippen LogP) is 3.50. The summed E-state index contributed by atoms with van der Waals surface area (Å²) in [5, 5.41) is 11.3. The third kappa shape index (κ3) is 7.08. The fourth-order valence-corrected chi connectivity index (χ4v) is 4.42. The first-order valence-corrected chi connectivity index (χ1v) is 12.2. The van der Waals surface area contributed by atoms with Gasteiger partial charge in [0.2, 0.25) is 5.91 Å². The molecule has 2 aromatic rings. The van der Waals surface area contributed by atoms with Gasteiger partial charge in [-0.2, -0.15) is 5.26 Å². The minimum absolute atomic E-state index is 0.0407. The quantitative estimate of drug-likeness (QED) is 0.554. The van der Waals surface area contributed by atoms with E-state index in [4.69, 9.17) is 14.7 Å². The summed E-state index contributed by atoms with van der Waals surface area (Å²) in [7, 11) is -2.32. The number of nitrogens with zero attached hydrogens (tertiary/aromatic N) is 2. The lowest BCUT2D eigenvalue weighted by Crippen LogP contribution is -2.30. The lowest BCUT2D eigenvalue weighted by Gasteiger charge is -2.11. The number of nitriles is 1. The molecule has 2 N–H and O–H groups in total. The molecule has 1 aliphatic heterocycles. The van der Waals surface area contributed by atoms with E-state index in [0.29, 0.717) is 41.6 Å². The minimum atomic E-state index is -3.80. The Morgan fingerprint density at radius 1 is 1.18 bits per heavy atom. The fraction of sp³-hybridized carbons (Fsp3) is 0.292. The molecule has 0 fully saturated rings. The number of carbonyl (C=O) groups excluding carboxylic acids is 1. The summed E-state index contributed by atoms with van der Waals surface area (Å²) in [5.41, 5.74) is 1.03. The van der Waals surface area contributed by atoms with Crippen molar-refractivity contribution in [1.29, 1.82) is 5.26 Å². The van der Waals surface area contributed by atoms with Crippen molar-refractivity contribution < 1.29 is 22.7 Å². The van der Waals surface area contributed by atoms with Crippen molar-refractivity contribution in [2.45, 2.75) is 30.6 Å². The fourth-order valence-electron chi connectivity index (χ4n) is 3.29. The molecular formula is C24H26N4O5S. The van der Waals surface area contributed by atoms with Crippen molar-refractivity contribution in [3.05, 3.63) is 54.1 Å². The number of amides is 1. The smallest absolute Gasteiger partial charge is 0.262 e. The molecule has 10 heteroatoms. The van der Waals surface area contributed by atoms with Gasteiger partial charge in [0.25, 0.3) is 10.0 Å². The molecule has 0 unspecified atom stereocenters. The van der Waals surface area contributed by atoms with Gasteiger partial charge < -0.3 is 14.8 Å². The second-order valence-corrected chi connectivity index (χ2v) is 9.13. The second kappa shape index (κ2) is 11.9.